The summed E-state index contributed by atoms with van der Waals surface area (Å²) < 4.78 is 1.85. The molecule has 0 radical (unpaired) electrons. The van der Waals surface area contributed by atoms with Crippen LogP contribution in [-0.2, 0) is 0 Å². The lowest BCUT2D eigenvalue weighted by atomic mass is 10.0. The molecule has 0 saturated heterocycles. The van der Waals surface area contributed by atoms with Gasteiger partial charge in [0.2, 0.25) is 0 Å². The van der Waals surface area contributed by atoms with Crippen molar-refractivity contribution >= 4 is 0 Å². The zero-order chi connectivity index (χ0) is 16.1. The van der Waals surface area contributed by atoms with Crippen molar-refractivity contribution < 1.29 is 5.11 Å². The molecule has 120 valence electrons. The Hall–Kier alpha value is -1.72. The highest BCUT2D eigenvalue weighted by atomic mass is 16.3. The van der Waals surface area contributed by atoms with Crippen molar-refractivity contribution in [3.63, 3.8) is 0 Å². The molecule has 0 amide bonds. The SMILES string of the molecule is CCC(C)C(O)CNC(C)c1cnn(-c2ccccn2)c1C. The molecule has 3 unspecified atom stereocenters. The third-order valence-corrected chi connectivity index (χ3v) is 4.31. The molecule has 0 aromatic carbocycles. The van der Waals surface area contributed by atoms with E-state index in [4.69, 9.17) is 0 Å². The Morgan fingerprint density at radius 3 is 2.73 bits per heavy atom. The Labute approximate surface area is 132 Å². The first-order chi connectivity index (χ1) is 10.5. The Morgan fingerprint density at radius 1 is 1.32 bits per heavy atom. The van der Waals surface area contributed by atoms with E-state index in [-0.39, 0.29) is 12.1 Å². The van der Waals surface area contributed by atoms with Gasteiger partial charge < -0.3 is 10.4 Å². The van der Waals surface area contributed by atoms with Gasteiger partial charge >= 0.3 is 0 Å². The van der Waals surface area contributed by atoms with Crippen molar-refractivity contribution in [2.24, 2.45) is 5.92 Å². The number of pyridine rings is 1. The van der Waals surface area contributed by atoms with Gasteiger partial charge in [0, 0.05) is 30.0 Å². The maximum atomic E-state index is 10.1. The van der Waals surface area contributed by atoms with Crippen molar-refractivity contribution in [1.82, 2.24) is 20.1 Å². The van der Waals surface area contributed by atoms with Gasteiger partial charge in [-0.05, 0) is 31.9 Å². The molecule has 2 aromatic rings. The van der Waals surface area contributed by atoms with E-state index in [9.17, 15) is 5.11 Å². The Balaban J connectivity index is 2.05. The molecule has 0 spiro atoms. The minimum atomic E-state index is -0.321. The molecular formula is C17H26N4O. The summed E-state index contributed by atoms with van der Waals surface area (Å²) in [6, 6.07) is 5.92. The van der Waals surface area contributed by atoms with Crippen LogP contribution in [0.4, 0.5) is 0 Å². The molecular weight excluding hydrogens is 276 g/mol. The minimum Gasteiger partial charge on any atom is -0.392 e. The lowest BCUT2D eigenvalue weighted by Crippen LogP contribution is -2.33. The van der Waals surface area contributed by atoms with E-state index in [2.05, 4.69) is 36.2 Å². The van der Waals surface area contributed by atoms with Gasteiger partial charge in [-0.15, -0.1) is 0 Å². The van der Waals surface area contributed by atoms with Crippen LogP contribution < -0.4 is 5.32 Å². The molecule has 5 nitrogen and oxygen atoms in total. The van der Waals surface area contributed by atoms with Crippen molar-refractivity contribution in [3.05, 3.63) is 41.9 Å². The fourth-order valence-electron chi connectivity index (χ4n) is 2.44. The van der Waals surface area contributed by atoms with Crippen molar-refractivity contribution in [2.45, 2.75) is 46.3 Å². The summed E-state index contributed by atoms with van der Waals surface area (Å²) in [5.74, 6) is 1.12. The number of aliphatic hydroxyl groups is 1. The Bertz CT molecular complexity index is 582. The van der Waals surface area contributed by atoms with Crippen LogP contribution in [0.5, 0.6) is 0 Å². The average Bonchev–Trinajstić information content (AvgIpc) is 2.94. The maximum Gasteiger partial charge on any atom is 0.153 e. The van der Waals surface area contributed by atoms with E-state index in [1.807, 2.05) is 36.0 Å². The van der Waals surface area contributed by atoms with Gasteiger partial charge in [-0.25, -0.2) is 9.67 Å². The monoisotopic (exact) mass is 302 g/mol. The van der Waals surface area contributed by atoms with E-state index >= 15 is 0 Å². The number of aliphatic hydroxyl groups excluding tert-OH is 1. The van der Waals surface area contributed by atoms with Gasteiger partial charge in [-0.3, -0.25) is 0 Å². The first kappa shape index (κ1) is 16.6. The number of hydrogen-bond donors (Lipinski definition) is 2. The molecule has 3 atom stereocenters. The molecule has 22 heavy (non-hydrogen) atoms. The zero-order valence-corrected chi connectivity index (χ0v) is 13.8. The number of nitrogens with zero attached hydrogens (tertiary/aromatic N) is 3. The van der Waals surface area contributed by atoms with Crippen LogP contribution in [-0.4, -0.2) is 32.5 Å². The molecule has 0 saturated carbocycles. The summed E-state index contributed by atoms with van der Waals surface area (Å²) in [6.45, 7) is 8.89. The molecule has 0 aliphatic rings. The predicted molar refractivity (Wildman–Crippen MR) is 88.0 cm³/mol. The zero-order valence-electron chi connectivity index (χ0n) is 13.8. The number of nitrogens with one attached hydrogen (secondary N) is 1. The second kappa shape index (κ2) is 7.51. The Kier molecular flexibility index (Phi) is 5.69. The second-order valence-electron chi connectivity index (χ2n) is 5.87. The first-order valence-corrected chi connectivity index (χ1v) is 7.92. The smallest absolute Gasteiger partial charge is 0.153 e. The quantitative estimate of drug-likeness (QED) is 0.825. The largest absolute Gasteiger partial charge is 0.392 e. The lowest BCUT2D eigenvalue weighted by molar-refractivity contribution is 0.110. The number of rotatable bonds is 7. The molecule has 2 heterocycles. The van der Waals surface area contributed by atoms with Crippen LogP contribution in [0, 0.1) is 12.8 Å². The molecule has 0 aliphatic heterocycles. The average molecular weight is 302 g/mol. The van der Waals surface area contributed by atoms with Crippen LogP contribution >= 0.6 is 0 Å². The summed E-state index contributed by atoms with van der Waals surface area (Å²) in [5.41, 5.74) is 2.19. The highest BCUT2D eigenvalue weighted by Gasteiger charge is 2.17. The summed E-state index contributed by atoms with van der Waals surface area (Å²) in [4.78, 5) is 4.33. The molecule has 0 bridgehead atoms. The lowest BCUT2D eigenvalue weighted by Gasteiger charge is -2.21. The molecule has 0 fully saturated rings. The van der Waals surface area contributed by atoms with Gasteiger partial charge in [0.25, 0.3) is 0 Å². The van der Waals surface area contributed by atoms with Gasteiger partial charge in [0.15, 0.2) is 5.82 Å². The maximum absolute atomic E-state index is 10.1. The van der Waals surface area contributed by atoms with E-state index in [1.165, 1.54) is 0 Å². The fourth-order valence-corrected chi connectivity index (χ4v) is 2.44. The van der Waals surface area contributed by atoms with Gasteiger partial charge in [-0.2, -0.15) is 5.10 Å². The van der Waals surface area contributed by atoms with Crippen LogP contribution in [0.3, 0.4) is 0 Å². The fraction of sp³-hybridized carbons (Fsp3) is 0.529. The van der Waals surface area contributed by atoms with Crippen LogP contribution in [0.1, 0.15) is 44.5 Å². The second-order valence-corrected chi connectivity index (χ2v) is 5.87. The van der Waals surface area contributed by atoms with Crippen molar-refractivity contribution in [1.29, 1.82) is 0 Å². The van der Waals surface area contributed by atoms with Crippen LogP contribution in [0.25, 0.3) is 5.82 Å². The van der Waals surface area contributed by atoms with E-state index < -0.39 is 0 Å². The third-order valence-electron chi connectivity index (χ3n) is 4.31. The standard InChI is InChI=1S/C17H26N4O/c1-5-12(2)16(22)11-19-13(3)15-10-20-21(14(15)4)17-8-6-7-9-18-17/h6-10,12-13,16,19,22H,5,11H2,1-4H3. The summed E-state index contributed by atoms with van der Waals surface area (Å²) in [7, 11) is 0. The van der Waals surface area contributed by atoms with Crippen molar-refractivity contribution in [2.75, 3.05) is 6.54 Å². The summed E-state index contributed by atoms with van der Waals surface area (Å²) in [5, 5.41) is 17.9. The summed E-state index contributed by atoms with van der Waals surface area (Å²) in [6.07, 6.45) is 4.30. The molecule has 2 rings (SSSR count). The van der Waals surface area contributed by atoms with Crippen LogP contribution in [0.15, 0.2) is 30.6 Å². The predicted octanol–water partition coefficient (Wildman–Crippen LogP) is 2.63. The third kappa shape index (κ3) is 3.72. The molecule has 2 aromatic heterocycles. The number of aromatic nitrogens is 3. The highest BCUT2D eigenvalue weighted by molar-refractivity contribution is 5.29. The molecule has 2 N–H and O–H groups in total. The topological polar surface area (TPSA) is 63.0 Å². The van der Waals surface area contributed by atoms with E-state index in [0.29, 0.717) is 12.5 Å². The van der Waals surface area contributed by atoms with E-state index in [0.717, 1.165) is 23.5 Å². The molecule has 5 heteroatoms. The minimum absolute atomic E-state index is 0.135. The van der Waals surface area contributed by atoms with E-state index in [1.54, 1.807) is 6.20 Å². The van der Waals surface area contributed by atoms with Gasteiger partial charge in [0.05, 0.1) is 12.3 Å². The number of hydrogen-bond acceptors (Lipinski definition) is 4. The summed E-state index contributed by atoms with van der Waals surface area (Å²) >= 11 is 0. The Morgan fingerprint density at radius 2 is 2.09 bits per heavy atom. The normalized spacial score (nSPS) is 15.5. The van der Waals surface area contributed by atoms with Gasteiger partial charge in [0.1, 0.15) is 0 Å². The van der Waals surface area contributed by atoms with Crippen molar-refractivity contribution in [3.8, 4) is 5.82 Å². The highest BCUT2D eigenvalue weighted by Crippen LogP contribution is 2.19. The first-order valence-electron chi connectivity index (χ1n) is 7.92. The van der Waals surface area contributed by atoms with Gasteiger partial charge in [-0.1, -0.05) is 26.3 Å². The van der Waals surface area contributed by atoms with Crippen LogP contribution in [0.2, 0.25) is 0 Å². The molecule has 0 aliphatic carbocycles.